The van der Waals surface area contributed by atoms with Gasteiger partial charge in [-0.1, -0.05) is 30.3 Å². The van der Waals surface area contributed by atoms with E-state index in [0.717, 1.165) is 38.2 Å². The topological polar surface area (TPSA) is 63.1 Å². The van der Waals surface area contributed by atoms with Crippen molar-refractivity contribution in [3.8, 4) is 0 Å². The van der Waals surface area contributed by atoms with Crippen LogP contribution in [0.4, 0.5) is 10.7 Å². The zero-order valence-corrected chi connectivity index (χ0v) is 15.3. The quantitative estimate of drug-likeness (QED) is 0.919. The standard InChI is InChI=1S/C19H27N5O/c1-14(2)24-15(3)20-18(22-24)21-19(25)23-12-7-10-17(11-13-23)16-8-5-4-6-9-16/h4-6,8-9,14,17H,7,10-13H2,1-3H3,(H,21,22,25). The summed E-state index contributed by atoms with van der Waals surface area (Å²) in [6.45, 7) is 7.53. The fourth-order valence-electron chi connectivity index (χ4n) is 3.48. The predicted octanol–water partition coefficient (Wildman–Crippen LogP) is 3.97. The van der Waals surface area contributed by atoms with Gasteiger partial charge < -0.3 is 4.90 Å². The van der Waals surface area contributed by atoms with E-state index in [0.29, 0.717) is 11.9 Å². The molecule has 3 rings (SSSR count). The summed E-state index contributed by atoms with van der Waals surface area (Å²) in [5, 5.41) is 7.23. The van der Waals surface area contributed by atoms with Gasteiger partial charge in [-0.15, -0.1) is 5.10 Å². The molecule has 1 aromatic carbocycles. The molecule has 6 nitrogen and oxygen atoms in total. The van der Waals surface area contributed by atoms with Crippen LogP contribution in [0.2, 0.25) is 0 Å². The van der Waals surface area contributed by atoms with Crippen LogP contribution in [0.25, 0.3) is 0 Å². The van der Waals surface area contributed by atoms with Crippen LogP contribution in [0.15, 0.2) is 30.3 Å². The van der Waals surface area contributed by atoms with Gasteiger partial charge in [-0.25, -0.2) is 9.48 Å². The number of likely N-dealkylation sites (tertiary alicyclic amines) is 1. The molecule has 0 radical (unpaired) electrons. The van der Waals surface area contributed by atoms with E-state index in [4.69, 9.17) is 0 Å². The highest BCUT2D eigenvalue weighted by Crippen LogP contribution is 2.28. The number of anilines is 1. The summed E-state index contributed by atoms with van der Waals surface area (Å²) in [4.78, 5) is 18.8. The molecule has 2 aromatic rings. The molecule has 1 aliphatic rings. The summed E-state index contributed by atoms with van der Waals surface area (Å²) < 4.78 is 1.82. The number of benzene rings is 1. The number of aryl methyl sites for hydroxylation is 1. The summed E-state index contributed by atoms with van der Waals surface area (Å²) in [7, 11) is 0. The first kappa shape index (κ1) is 17.5. The van der Waals surface area contributed by atoms with Crippen molar-refractivity contribution in [1.82, 2.24) is 19.7 Å². The molecular weight excluding hydrogens is 314 g/mol. The van der Waals surface area contributed by atoms with Gasteiger partial charge in [0.25, 0.3) is 0 Å². The molecule has 0 bridgehead atoms. The molecule has 2 amide bonds. The van der Waals surface area contributed by atoms with Gasteiger partial charge in [-0.3, -0.25) is 5.32 Å². The molecular formula is C19H27N5O. The molecule has 1 saturated heterocycles. The van der Waals surface area contributed by atoms with Crippen LogP contribution in [-0.4, -0.2) is 38.8 Å². The van der Waals surface area contributed by atoms with Crippen LogP contribution in [-0.2, 0) is 0 Å². The molecule has 1 unspecified atom stereocenters. The highest BCUT2D eigenvalue weighted by atomic mass is 16.2. The number of carbonyl (C=O) groups is 1. The Bertz CT molecular complexity index is 710. The minimum absolute atomic E-state index is 0.102. The van der Waals surface area contributed by atoms with Gasteiger partial charge in [0, 0.05) is 19.1 Å². The third kappa shape index (κ3) is 4.18. The van der Waals surface area contributed by atoms with E-state index in [9.17, 15) is 4.79 Å². The molecule has 1 N–H and O–H groups in total. The number of hydrogen-bond donors (Lipinski definition) is 1. The number of nitrogens with one attached hydrogen (secondary N) is 1. The van der Waals surface area contributed by atoms with Gasteiger partial charge in [0.1, 0.15) is 5.82 Å². The third-order valence-electron chi connectivity index (χ3n) is 4.80. The lowest BCUT2D eigenvalue weighted by Crippen LogP contribution is -2.36. The van der Waals surface area contributed by atoms with Gasteiger partial charge in [0.15, 0.2) is 0 Å². The molecule has 0 saturated carbocycles. The van der Waals surface area contributed by atoms with Crippen molar-refractivity contribution in [2.75, 3.05) is 18.4 Å². The number of carbonyl (C=O) groups excluding carboxylic acids is 1. The molecule has 0 aliphatic carbocycles. The van der Waals surface area contributed by atoms with Crippen molar-refractivity contribution >= 4 is 12.0 Å². The van der Waals surface area contributed by atoms with Gasteiger partial charge in [-0.2, -0.15) is 4.98 Å². The Morgan fingerprint density at radius 2 is 1.96 bits per heavy atom. The second kappa shape index (κ2) is 7.68. The van der Waals surface area contributed by atoms with E-state index in [2.05, 4.69) is 39.7 Å². The zero-order chi connectivity index (χ0) is 17.8. The lowest BCUT2D eigenvalue weighted by atomic mass is 9.92. The first-order valence-electron chi connectivity index (χ1n) is 9.08. The molecule has 134 valence electrons. The predicted molar refractivity (Wildman–Crippen MR) is 98.8 cm³/mol. The molecule has 6 heteroatoms. The Balaban J connectivity index is 1.60. The SMILES string of the molecule is Cc1nc(NC(=O)N2CCCC(c3ccccc3)CC2)nn1C(C)C. The number of amides is 2. The minimum atomic E-state index is -0.102. The van der Waals surface area contributed by atoms with Gasteiger partial charge >= 0.3 is 6.03 Å². The van der Waals surface area contributed by atoms with Crippen LogP contribution in [0, 0.1) is 6.92 Å². The van der Waals surface area contributed by atoms with Crippen molar-refractivity contribution in [3.05, 3.63) is 41.7 Å². The van der Waals surface area contributed by atoms with E-state index in [1.54, 1.807) is 0 Å². The summed E-state index contributed by atoms with van der Waals surface area (Å²) >= 11 is 0. The van der Waals surface area contributed by atoms with E-state index >= 15 is 0 Å². The fourth-order valence-corrected chi connectivity index (χ4v) is 3.48. The molecule has 1 aromatic heterocycles. The average molecular weight is 341 g/mol. The van der Waals surface area contributed by atoms with Crippen LogP contribution in [0.3, 0.4) is 0 Å². The second-order valence-corrected chi connectivity index (χ2v) is 6.98. The van der Waals surface area contributed by atoms with Crippen molar-refractivity contribution < 1.29 is 4.79 Å². The molecule has 1 aliphatic heterocycles. The lowest BCUT2D eigenvalue weighted by molar-refractivity contribution is 0.213. The molecule has 1 atom stereocenters. The smallest absolute Gasteiger partial charge is 0.324 e. The monoisotopic (exact) mass is 341 g/mol. The Morgan fingerprint density at radius 3 is 2.64 bits per heavy atom. The maximum Gasteiger partial charge on any atom is 0.324 e. The maximum atomic E-state index is 12.6. The first-order valence-corrected chi connectivity index (χ1v) is 9.08. The van der Waals surface area contributed by atoms with E-state index in [1.807, 2.05) is 36.4 Å². The van der Waals surface area contributed by atoms with E-state index in [-0.39, 0.29) is 12.1 Å². The zero-order valence-electron chi connectivity index (χ0n) is 15.3. The van der Waals surface area contributed by atoms with Crippen molar-refractivity contribution in [2.45, 2.75) is 52.0 Å². The Kier molecular flexibility index (Phi) is 5.36. The number of urea groups is 1. The van der Waals surface area contributed by atoms with Crippen molar-refractivity contribution in [3.63, 3.8) is 0 Å². The summed E-state index contributed by atoms with van der Waals surface area (Å²) in [6.07, 6.45) is 3.12. The normalized spacial score (nSPS) is 18.2. The van der Waals surface area contributed by atoms with Crippen molar-refractivity contribution in [1.29, 1.82) is 0 Å². The molecule has 1 fully saturated rings. The molecule has 2 heterocycles. The minimum Gasteiger partial charge on any atom is -0.324 e. The molecule has 25 heavy (non-hydrogen) atoms. The van der Waals surface area contributed by atoms with Gasteiger partial charge in [-0.05, 0) is 51.5 Å². The number of nitrogens with zero attached hydrogens (tertiary/aromatic N) is 4. The van der Waals surface area contributed by atoms with Gasteiger partial charge in [0.2, 0.25) is 5.95 Å². The highest BCUT2D eigenvalue weighted by Gasteiger charge is 2.22. The fraction of sp³-hybridized carbons (Fsp3) is 0.526. The summed E-state index contributed by atoms with van der Waals surface area (Å²) in [5.74, 6) is 1.73. The van der Waals surface area contributed by atoms with Gasteiger partial charge in [0.05, 0.1) is 0 Å². The summed E-state index contributed by atoms with van der Waals surface area (Å²) in [6, 6.07) is 10.7. The summed E-state index contributed by atoms with van der Waals surface area (Å²) in [5.41, 5.74) is 1.37. The van der Waals surface area contributed by atoms with E-state index < -0.39 is 0 Å². The van der Waals surface area contributed by atoms with E-state index in [1.165, 1.54) is 5.56 Å². The Labute approximate surface area is 149 Å². The Morgan fingerprint density at radius 1 is 1.20 bits per heavy atom. The number of hydrogen-bond acceptors (Lipinski definition) is 3. The third-order valence-corrected chi connectivity index (χ3v) is 4.80. The van der Waals surface area contributed by atoms with Crippen molar-refractivity contribution in [2.24, 2.45) is 0 Å². The van der Waals surface area contributed by atoms with Crippen LogP contribution < -0.4 is 5.32 Å². The maximum absolute atomic E-state index is 12.6. The number of rotatable bonds is 3. The number of aromatic nitrogens is 3. The lowest BCUT2D eigenvalue weighted by Gasteiger charge is -2.20. The second-order valence-electron chi connectivity index (χ2n) is 6.98. The average Bonchev–Trinajstić information content (AvgIpc) is 2.82. The molecule has 0 spiro atoms. The highest BCUT2D eigenvalue weighted by molar-refractivity contribution is 5.87. The largest absolute Gasteiger partial charge is 0.324 e. The first-order chi connectivity index (χ1) is 12.0. The Hall–Kier alpha value is -2.37. The van der Waals surface area contributed by atoms with Crippen LogP contribution in [0.1, 0.15) is 56.5 Å². The van der Waals surface area contributed by atoms with Crippen LogP contribution >= 0.6 is 0 Å². The van der Waals surface area contributed by atoms with Crippen LogP contribution in [0.5, 0.6) is 0 Å².